The molecular formula is C20H22N2O5S2. The van der Waals surface area contributed by atoms with Crippen LogP contribution in [-0.2, 0) is 27.7 Å². The number of benzene rings is 1. The SMILES string of the molecule is Cc1cc2c(cc1S(=O)(=O)NC(=O)c1cc3c(s1)CCC3)O[C@H](C(C)C)C(=O)N2. The average Bonchev–Trinajstić information content (AvgIpc) is 3.21. The van der Waals surface area contributed by atoms with Crippen molar-refractivity contribution in [3.05, 3.63) is 39.1 Å². The number of hydrogen-bond acceptors (Lipinski definition) is 6. The first-order chi connectivity index (χ1) is 13.7. The highest BCUT2D eigenvalue weighted by Crippen LogP contribution is 2.36. The topological polar surface area (TPSA) is 102 Å². The molecule has 0 radical (unpaired) electrons. The van der Waals surface area contributed by atoms with E-state index in [9.17, 15) is 18.0 Å². The second kappa shape index (κ2) is 7.14. The Balaban J connectivity index is 1.62. The Hall–Kier alpha value is -2.39. The highest BCUT2D eigenvalue weighted by atomic mass is 32.2. The number of aryl methyl sites for hydroxylation is 3. The highest BCUT2D eigenvalue weighted by molar-refractivity contribution is 7.90. The van der Waals surface area contributed by atoms with Gasteiger partial charge in [0.1, 0.15) is 5.75 Å². The Morgan fingerprint density at radius 3 is 2.72 bits per heavy atom. The minimum Gasteiger partial charge on any atom is -0.478 e. The molecule has 0 saturated heterocycles. The number of amides is 2. The van der Waals surface area contributed by atoms with Crippen LogP contribution in [0.25, 0.3) is 0 Å². The number of rotatable bonds is 4. The lowest BCUT2D eigenvalue weighted by atomic mass is 10.0. The molecule has 29 heavy (non-hydrogen) atoms. The van der Waals surface area contributed by atoms with E-state index in [0.717, 1.165) is 29.7 Å². The van der Waals surface area contributed by atoms with E-state index in [0.29, 0.717) is 16.1 Å². The number of fused-ring (bicyclic) bond motifs is 2. The van der Waals surface area contributed by atoms with Crippen LogP contribution in [0.1, 0.15) is 45.9 Å². The van der Waals surface area contributed by atoms with E-state index >= 15 is 0 Å². The van der Waals surface area contributed by atoms with Gasteiger partial charge in [0.2, 0.25) is 0 Å². The van der Waals surface area contributed by atoms with E-state index in [1.54, 1.807) is 19.1 Å². The molecule has 1 aromatic heterocycles. The lowest BCUT2D eigenvalue weighted by Gasteiger charge is -2.29. The minimum absolute atomic E-state index is 0.0487. The molecule has 2 amide bonds. The molecule has 2 N–H and O–H groups in total. The van der Waals surface area contributed by atoms with Crippen molar-refractivity contribution in [2.24, 2.45) is 5.92 Å². The van der Waals surface area contributed by atoms with Crippen LogP contribution in [0.5, 0.6) is 5.75 Å². The predicted molar refractivity (Wildman–Crippen MR) is 110 cm³/mol. The number of sulfonamides is 1. The molecule has 0 spiro atoms. The van der Waals surface area contributed by atoms with Gasteiger partial charge in [-0.05, 0) is 55.4 Å². The standard InChI is InChI=1S/C20H22N2O5S2/c1-10(2)18-20(24)21-13-7-11(3)17(9-14(13)27-18)29(25,26)22-19(23)16-8-12-5-4-6-15(12)28-16/h7-10,18H,4-6H2,1-3H3,(H,21,24)(H,22,23)/t18-/m1/s1. The Bertz CT molecular complexity index is 1100. The number of carbonyl (C=O) groups is 2. The molecule has 0 unspecified atom stereocenters. The molecule has 0 bridgehead atoms. The van der Waals surface area contributed by atoms with Gasteiger partial charge in [0.05, 0.1) is 15.5 Å². The van der Waals surface area contributed by atoms with Crippen molar-refractivity contribution in [3.8, 4) is 5.75 Å². The molecule has 4 rings (SSSR count). The quantitative estimate of drug-likeness (QED) is 0.770. The van der Waals surface area contributed by atoms with Crippen LogP contribution < -0.4 is 14.8 Å². The molecule has 1 aliphatic heterocycles. The van der Waals surface area contributed by atoms with Crippen molar-refractivity contribution in [2.75, 3.05) is 5.32 Å². The second-order valence-electron chi connectivity index (χ2n) is 7.73. The molecule has 1 atom stereocenters. The van der Waals surface area contributed by atoms with Crippen LogP contribution in [0.3, 0.4) is 0 Å². The van der Waals surface area contributed by atoms with Gasteiger partial charge in [0, 0.05) is 10.9 Å². The number of thiophene rings is 1. The van der Waals surface area contributed by atoms with Gasteiger partial charge in [-0.1, -0.05) is 13.8 Å². The summed E-state index contributed by atoms with van der Waals surface area (Å²) < 4.78 is 33.7. The number of anilines is 1. The second-order valence-corrected chi connectivity index (χ2v) is 10.5. The molecule has 1 aliphatic carbocycles. The van der Waals surface area contributed by atoms with Gasteiger partial charge in [-0.2, -0.15) is 0 Å². The summed E-state index contributed by atoms with van der Waals surface area (Å²) in [6.45, 7) is 5.30. The van der Waals surface area contributed by atoms with Gasteiger partial charge < -0.3 is 10.1 Å². The fourth-order valence-electron chi connectivity index (χ4n) is 3.66. The van der Waals surface area contributed by atoms with Crippen LogP contribution in [0.4, 0.5) is 5.69 Å². The number of ether oxygens (including phenoxy) is 1. The molecule has 1 aromatic carbocycles. The summed E-state index contributed by atoms with van der Waals surface area (Å²) in [4.78, 5) is 26.2. The first kappa shape index (κ1) is 19.9. The Morgan fingerprint density at radius 2 is 2.03 bits per heavy atom. The molecule has 154 valence electrons. The first-order valence-electron chi connectivity index (χ1n) is 9.46. The van der Waals surface area contributed by atoms with Crippen molar-refractivity contribution in [3.63, 3.8) is 0 Å². The summed E-state index contributed by atoms with van der Waals surface area (Å²) in [5.74, 6) is -0.695. The normalized spacial score (nSPS) is 18.1. The zero-order valence-electron chi connectivity index (χ0n) is 16.4. The minimum atomic E-state index is -4.10. The van der Waals surface area contributed by atoms with Gasteiger partial charge in [-0.25, -0.2) is 13.1 Å². The van der Waals surface area contributed by atoms with E-state index < -0.39 is 22.0 Å². The van der Waals surface area contributed by atoms with E-state index in [-0.39, 0.29) is 22.5 Å². The van der Waals surface area contributed by atoms with Crippen molar-refractivity contribution in [2.45, 2.75) is 51.0 Å². The van der Waals surface area contributed by atoms with E-state index in [1.807, 2.05) is 13.8 Å². The summed E-state index contributed by atoms with van der Waals surface area (Å²) >= 11 is 1.35. The van der Waals surface area contributed by atoms with Crippen LogP contribution in [0, 0.1) is 12.8 Å². The summed E-state index contributed by atoms with van der Waals surface area (Å²) in [5.41, 5.74) is 1.96. The Morgan fingerprint density at radius 1 is 1.28 bits per heavy atom. The highest BCUT2D eigenvalue weighted by Gasteiger charge is 2.32. The molecule has 0 saturated carbocycles. The first-order valence-corrected chi connectivity index (χ1v) is 11.8. The summed E-state index contributed by atoms with van der Waals surface area (Å²) in [7, 11) is -4.10. The lowest BCUT2D eigenvalue weighted by Crippen LogP contribution is -2.40. The maximum absolute atomic E-state index is 12.9. The van der Waals surface area contributed by atoms with Gasteiger partial charge in [0.25, 0.3) is 21.8 Å². The van der Waals surface area contributed by atoms with E-state index in [1.165, 1.54) is 17.4 Å². The van der Waals surface area contributed by atoms with Gasteiger partial charge in [0.15, 0.2) is 6.10 Å². The third-order valence-corrected chi connectivity index (χ3v) is 7.85. The number of nitrogens with one attached hydrogen (secondary N) is 2. The molecule has 2 aromatic rings. The maximum Gasteiger partial charge on any atom is 0.275 e. The van der Waals surface area contributed by atoms with Crippen molar-refractivity contribution >= 4 is 38.9 Å². The fraction of sp³-hybridized carbons (Fsp3) is 0.400. The van der Waals surface area contributed by atoms with Crippen molar-refractivity contribution in [1.82, 2.24) is 4.72 Å². The van der Waals surface area contributed by atoms with Crippen LogP contribution in [0.2, 0.25) is 0 Å². The lowest BCUT2D eigenvalue weighted by molar-refractivity contribution is -0.125. The third kappa shape index (κ3) is 3.64. The average molecular weight is 435 g/mol. The fourth-order valence-corrected chi connectivity index (χ4v) is 6.08. The van der Waals surface area contributed by atoms with Gasteiger partial charge >= 0.3 is 0 Å². The van der Waals surface area contributed by atoms with Crippen molar-refractivity contribution in [1.29, 1.82) is 0 Å². The summed E-state index contributed by atoms with van der Waals surface area (Å²) in [6.07, 6.45) is 2.23. The Labute approximate surface area is 173 Å². The van der Waals surface area contributed by atoms with Crippen molar-refractivity contribution < 1.29 is 22.7 Å². The largest absolute Gasteiger partial charge is 0.478 e. The molecule has 2 heterocycles. The predicted octanol–water partition coefficient (Wildman–Crippen LogP) is 3.02. The van der Waals surface area contributed by atoms with E-state index in [2.05, 4.69) is 10.0 Å². The Kier molecular flexibility index (Phi) is 4.90. The molecule has 7 nitrogen and oxygen atoms in total. The van der Waals surface area contributed by atoms with Gasteiger partial charge in [-0.3, -0.25) is 9.59 Å². The van der Waals surface area contributed by atoms with Crippen LogP contribution in [-0.4, -0.2) is 26.3 Å². The zero-order chi connectivity index (χ0) is 20.9. The smallest absolute Gasteiger partial charge is 0.275 e. The summed E-state index contributed by atoms with van der Waals surface area (Å²) in [6, 6.07) is 4.69. The van der Waals surface area contributed by atoms with Gasteiger partial charge in [-0.15, -0.1) is 11.3 Å². The number of carbonyl (C=O) groups excluding carboxylic acids is 2. The monoisotopic (exact) mass is 434 g/mol. The number of hydrogen-bond donors (Lipinski definition) is 2. The van der Waals surface area contributed by atoms with Crippen LogP contribution >= 0.6 is 11.3 Å². The summed E-state index contributed by atoms with van der Waals surface area (Å²) in [5, 5.41) is 2.75. The molecule has 2 aliphatic rings. The maximum atomic E-state index is 12.9. The van der Waals surface area contributed by atoms with E-state index in [4.69, 9.17) is 4.74 Å². The zero-order valence-corrected chi connectivity index (χ0v) is 18.0. The molecular weight excluding hydrogens is 412 g/mol. The molecule has 9 heteroatoms. The molecule has 0 fully saturated rings. The third-order valence-electron chi connectivity index (χ3n) is 5.14. The van der Waals surface area contributed by atoms with Crippen LogP contribution in [0.15, 0.2) is 23.1 Å².